The molecule has 0 aliphatic heterocycles. The van der Waals surface area contributed by atoms with Crippen LogP contribution in [-0.4, -0.2) is 45.3 Å². The number of benzene rings is 2. The van der Waals surface area contributed by atoms with Crippen molar-refractivity contribution in [2.75, 3.05) is 18.5 Å². The number of fused-ring (bicyclic) bond motifs is 1. The lowest BCUT2D eigenvalue weighted by Crippen LogP contribution is -2.35. The molecule has 146 valence electrons. The zero-order valence-electron chi connectivity index (χ0n) is 15.0. The third-order valence-corrected chi connectivity index (χ3v) is 4.20. The van der Waals surface area contributed by atoms with Gasteiger partial charge in [0.25, 0.3) is 0 Å². The Hall–Kier alpha value is -3.10. The van der Waals surface area contributed by atoms with E-state index >= 15 is 0 Å². The first kappa shape index (κ1) is 19.7. The van der Waals surface area contributed by atoms with Gasteiger partial charge in [0.1, 0.15) is 36.4 Å². The molecule has 1 heterocycles. The highest BCUT2D eigenvalue weighted by Crippen LogP contribution is 2.33. The molecule has 1 aromatic heterocycles. The van der Waals surface area contributed by atoms with Crippen LogP contribution in [0.25, 0.3) is 10.9 Å². The summed E-state index contributed by atoms with van der Waals surface area (Å²) in [5.74, 6) is 0.566. The number of hydrogen-bond acceptors (Lipinski definition) is 7. The van der Waals surface area contributed by atoms with Crippen molar-refractivity contribution in [3.05, 3.63) is 47.7 Å². The number of carbonyl (C=O) groups excluding carboxylic acids is 1. The molecule has 0 unspecified atom stereocenters. The highest BCUT2D eigenvalue weighted by molar-refractivity contribution is 6.32. The molecule has 0 bridgehead atoms. The molecular formula is C19H19ClN4O4. The Bertz CT molecular complexity index is 994. The molecule has 1 amide bonds. The van der Waals surface area contributed by atoms with Gasteiger partial charge in [-0.25, -0.2) is 9.97 Å². The molecule has 9 heteroatoms. The van der Waals surface area contributed by atoms with E-state index < -0.39 is 12.5 Å². The van der Waals surface area contributed by atoms with Crippen molar-refractivity contribution in [3.63, 3.8) is 0 Å². The Morgan fingerprint density at radius 1 is 1.29 bits per heavy atom. The second-order valence-corrected chi connectivity index (χ2v) is 6.46. The molecule has 0 aliphatic rings. The molecule has 1 atom stereocenters. The predicted octanol–water partition coefficient (Wildman–Crippen LogP) is 2.61. The highest BCUT2D eigenvalue weighted by Gasteiger charge is 2.14. The summed E-state index contributed by atoms with van der Waals surface area (Å²) >= 11 is 5.97. The Morgan fingerprint density at radius 2 is 2.11 bits per heavy atom. The van der Waals surface area contributed by atoms with E-state index in [0.717, 1.165) is 0 Å². The van der Waals surface area contributed by atoms with Crippen LogP contribution in [0, 0.1) is 0 Å². The summed E-state index contributed by atoms with van der Waals surface area (Å²) in [4.78, 5) is 19.8. The van der Waals surface area contributed by atoms with Crippen molar-refractivity contribution < 1.29 is 19.7 Å². The molecule has 3 aromatic rings. The summed E-state index contributed by atoms with van der Waals surface area (Å²) in [7, 11) is 0. The summed E-state index contributed by atoms with van der Waals surface area (Å²) in [5.41, 5.74) is 1.31. The van der Waals surface area contributed by atoms with E-state index in [1.165, 1.54) is 12.4 Å². The Morgan fingerprint density at radius 3 is 2.86 bits per heavy atom. The molecule has 0 fully saturated rings. The minimum atomic E-state index is -0.571. The number of aliphatic hydroxyl groups excluding tert-OH is 1. The van der Waals surface area contributed by atoms with Gasteiger partial charge in [-0.3, -0.25) is 4.79 Å². The number of ether oxygens (including phenoxy) is 1. The summed E-state index contributed by atoms with van der Waals surface area (Å²) in [5, 5.41) is 25.0. The van der Waals surface area contributed by atoms with Crippen LogP contribution >= 0.6 is 11.6 Å². The Kier molecular flexibility index (Phi) is 6.13. The normalized spacial score (nSPS) is 11.8. The SMILES string of the molecule is C[C@H](CNC(=O)CO)Oc1cccc2ncnc(Nc3ccc(O)c(Cl)c3)c12. The van der Waals surface area contributed by atoms with Gasteiger partial charge in [0.15, 0.2) is 0 Å². The predicted molar refractivity (Wildman–Crippen MR) is 106 cm³/mol. The highest BCUT2D eigenvalue weighted by atomic mass is 35.5. The number of phenolic OH excluding ortho intramolecular Hbond substituents is 1. The van der Waals surface area contributed by atoms with Crippen molar-refractivity contribution in [1.82, 2.24) is 15.3 Å². The number of nitrogens with one attached hydrogen (secondary N) is 2. The second kappa shape index (κ2) is 8.73. The van der Waals surface area contributed by atoms with Crippen molar-refractivity contribution in [1.29, 1.82) is 0 Å². The monoisotopic (exact) mass is 402 g/mol. The van der Waals surface area contributed by atoms with Gasteiger partial charge in [-0.2, -0.15) is 0 Å². The van der Waals surface area contributed by atoms with Crippen molar-refractivity contribution >= 4 is 39.9 Å². The molecule has 4 N–H and O–H groups in total. The number of aromatic nitrogens is 2. The van der Waals surface area contributed by atoms with Crippen molar-refractivity contribution in [2.24, 2.45) is 0 Å². The van der Waals surface area contributed by atoms with Crippen LogP contribution in [0.15, 0.2) is 42.7 Å². The molecule has 2 aromatic carbocycles. The molecule has 0 spiro atoms. The average Bonchev–Trinajstić information content (AvgIpc) is 2.69. The quantitative estimate of drug-likeness (QED) is 0.449. The van der Waals surface area contributed by atoms with Gasteiger partial charge in [0.05, 0.1) is 22.5 Å². The van der Waals surface area contributed by atoms with Crippen LogP contribution in [0.2, 0.25) is 5.02 Å². The van der Waals surface area contributed by atoms with Crippen LogP contribution in [0.1, 0.15) is 6.92 Å². The number of aromatic hydroxyl groups is 1. The molecule has 0 radical (unpaired) electrons. The second-order valence-electron chi connectivity index (χ2n) is 6.05. The van der Waals surface area contributed by atoms with Gasteiger partial charge in [-0.1, -0.05) is 17.7 Å². The summed E-state index contributed by atoms with van der Waals surface area (Å²) in [6.07, 6.45) is 1.08. The number of aliphatic hydroxyl groups is 1. The van der Waals surface area contributed by atoms with E-state index in [1.807, 2.05) is 12.1 Å². The topological polar surface area (TPSA) is 117 Å². The number of amides is 1. The summed E-state index contributed by atoms with van der Waals surface area (Å²) in [6.45, 7) is 1.46. The third kappa shape index (κ3) is 4.59. The number of nitrogens with zero attached hydrogens (tertiary/aromatic N) is 2. The third-order valence-electron chi connectivity index (χ3n) is 3.89. The van der Waals surface area contributed by atoms with Crippen LogP contribution in [0.3, 0.4) is 0 Å². The molecule has 0 aliphatic carbocycles. The van der Waals surface area contributed by atoms with Crippen LogP contribution in [0.5, 0.6) is 11.5 Å². The van der Waals surface area contributed by atoms with Crippen LogP contribution in [0.4, 0.5) is 11.5 Å². The maximum atomic E-state index is 11.2. The summed E-state index contributed by atoms with van der Waals surface area (Å²) in [6, 6.07) is 10.2. The molecule has 0 saturated carbocycles. The van der Waals surface area contributed by atoms with E-state index in [4.69, 9.17) is 21.4 Å². The molecule has 8 nitrogen and oxygen atoms in total. The minimum Gasteiger partial charge on any atom is -0.506 e. The Labute approximate surface area is 166 Å². The molecule has 0 saturated heterocycles. The number of phenols is 1. The van der Waals surface area contributed by atoms with Gasteiger partial charge in [0.2, 0.25) is 5.91 Å². The minimum absolute atomic E-state index is 0.0115. The van der Waals surface area contributed by atoms with Gasteiger partial charge in [-0.15, -0.1) is 0 Å². The largest absolute Gasteiger partial charge is 0.506 e. The van der Waals surface area contributed by atoms with Gasteiger partial charge in [-0.05, 0) is 37.3 Å². The fourth-order valence-corrected chi connectivity index (χ4v) is 2.75. The number of anilines is 2. The standard InChI is InChI=1S/C19H19ClN4O4/c1-11(8-21-17(27)9-25)28-16-4-2-3-14-18(16)19(23-10-22-14)24-12-5-6-15(26)13(20)7-12/h2-7,10-11,25-26H,8-9H2,1H3,(H,21,27)(H,22,23,24)/t11-/m1/s1. The number of hydrogen-bond donors (Lipinski definition) is 4. The van der Waals surface area contributed by atoms with Gasteiger partial charge in [0, 0.05) is 5.69 Å². The first-order valence-corrected chi connectivity index (χ1v) is 8.89. The van der Waals surface area contributed by atoms with E-state index in [1.54, 1.807) is 25.1 Å². The lowest BCUT2D eigenvalue weighted by Gasteiger charge is -2.18. The maximum absolute atomic E-state index is 11.2. The smallest absolute Gasteiger partial charge is 0.245 e. The summed E-state index contributed by atoms with van der Waals surface area (Å²) < 4.78 is 5.96. The fraction of sp³-hybridized carbons (Fsp3) is 0.211. The van der Waals surface area contributed by atoms with Gasteiger partial charge < -0.3 is 25.6 Å². The van der Waals surface area contributed by atoms with Crippen molar-refractivity contribution in [2.45, 2.75) is 13.0 Å². The zero-order chi connectivity index (χ0) is 20.1. The van der Waals surface area contributed by atoms with Gasteiger partial charge >= 0.3 is 0 Å². The first-order valence-electron chi connectivity index (χ1n) is 8.51. The van der Waals surface area contributed by atoms with Crippen LogP contribution in [-0.2, 0) is 4.79 Å². The lowest BCUT2D eigenvalue weighted by atomic mass is 10.2. The van der Waals surface area contributed by atoms with E-state index in [0.29, 0.717) is 28.2 Å². The van der Waals surface area contributed by atoms with E-state index in [9.17, 15) is 9.90 Å². The average molecular weight is 403 g/mol. The van der Waals surface area contributed by atoms with E-state index in [2.05, 4.69) is 20.6 Å². The lowest BCUT2D eigenvalue weighted by molar-refractivity contribution is -0.124. The number of carbonyl (C=O) groups is 1. The molecule has 3 rings (SSSR count). The number of halogens is 1. The number of rotatable bonds is 7. The maximum Gasteiger partial charge on any atom is 0.245 e. The van der Waals surface area contributed by atoms with Crippen molar-refractivity contribution in [3.8, 4) is 11.5 Å². The van der Waals surface area contributed by atoms with E-state index in [-0.39, 0.29) is 23.4 Å². The van der Waals surface area contributed by atoms with Crippen LogP contribution < -0.4 is 15.4 Å². The zero-order valence-corrected chi connectivity index (χ0v) is 15.8. The molecule has 28 heavy (non-hydrogen) atoms. The molecular weight excluding hydrogens is 384 g/mol. The fourth-order valence-electron chi connectivity index (χ4n) is 2.56. The first-order chi connectivity index (χ1) is 13.5. The Balaban J connectivity index is 1.89.